The molecular weight excluding hydrogens is 545 g/mol. The fourth-order valence-corrected chi connectivity index (χ4v) is 7.20. The molecule has 0 N–H and O–H groups in total. The Bertz CT molecular complexity index is 1340. The normalized spacial score (nSPS) is 22.0. The van der Waals surface area contributed by atoms with E-state index in [0.29, 0.717) is 35.2 Å². The molecule has 3 fully saturated rings. The van der Waals surface area contributed by atoms with Crippen molar-refractivity contribution < 1.29 is 35.9 Å². The molecule has 0 spiro atoms. The average Bonchev–Trinajstić information content (AvgIpc) is 3.28. The van der Waals surface area contributed by atoms with Gasteiger partial charge in [0.25, 0.3) is 5.91 Å². The summed E-state index contributed by atoms with van der Waals surface area (Å²) < 4.78 is 67.7. The van der Waals surface area contributed by atoms with E-state index >= 15 is 0 Å². The largest absolute Gasteiger partial charge is 0.573 e. The van der Waals surface area contributed by atoms with Crippen molar-refractivity contribution in [1.82, 2.24) is 9.80 Å². The lowest BCUT2D eigenvalue weighted by Crippen LogP contribution is -2.43. The molecule has 0 radical (unpaired) electrons. The lowest BCUT2D eigenvalue weighted by molar-refractivity contribution is -0.274. The highest BCUT2D eigenvalue weighted by molar-refractivity contribution is 7.91. The molecule has 2 saturated heterocycles. The van der Waals surface area contributed by atoms with Crippen LogP contribution < -0.4 is 4.74 Å². The fraction of sp³-hybridized carbons (Fsp3) is 0.517. The maximum Gasteiger partial charge on any atom is 0.573 e. The number of amides is 2. The minimum absolute atomic E-state index is 0.0143. The van der Waals surface area contributed by atoms with E-state index in [1.807, 2.05) is 4.90 Å². The van der Waals surface area contributed by atoms with Crippen LogP contribution in [0.4, 0.5) is 13.2 Å². The first-order chi connectivity index (χ1) is 19.0. The summed E-state index contributed by atoms with van der Waals surface area (Å²) in [4.78, 5) is 29.3. The van der Waals surface area contributed by atoms with E-state index in [1.54, 1.807) is 36.4 Å². The molecule has 7 nitrogen and oxygen atoms in total. The highest BCUT2D eigenvalue weighted by Gasteiger charge is 2.38. The Morgan fingerprint density at radius 1 is 0.900 bits per heavy atom. The van der Waals surface area contributed by atoms with E-state index in [-0.39, 0.29) is 60.5 Å². The first-order valence-electron chi connectivity index (χ1n) is 13.8. The van der Waals surface area contributed by atoms with E-state index < -0.39 is 16.2 Å². The number of nitrogens with zero attached hydrogens (tertiary/aromatic N) is 2. The van der Waals surface area contributed by atoms with Crippen LogP contribution in [-0.2, 0) is 21.1 Å². The third kappa shape index (κ3) is 6.62. The first-order valence-corrected chi connectivity index (χ1v) is 15.6. The van der Waals surface area contributed by atoms with Crippen molar-refractivity contribution in [3.8, 4) is 16.9 Å². The average molecular weight is 579 g/mol. The number of halogens is 3. The Morgan fingerprint density at radius 2 is 1.55 bits per heavy atom. The molecular formula is C29H33F3N2O5S. The molecule has 1 aliphatic carbocycles. The second-order valence-electron chi connectivity index (χ2n) is 10.9. The van der Waals surface area contributed by atoms with Crippen LogP contribution in [0.2, 0.25) is 0 Å². The van der Waals surface area contributed by atoms with Crippen molar-refractivity contribution in [2.75, 3.05) is 31.1 Å². The van der Waals surface area contributed by atoms with Gasteiger partial charge in [0, 0.05) is 37.2 Å². The molecule has 0 aromatic heterocycles. The van der Waals surface area contributed by atoms with Crippen LogP contribution in [0.15, 0.2) is 42.5 Å². The minimum Gasteiger partial charge on any atom is -0.405 e. The molecule has 1 unspecified atom stereocenters. The molecule has 40 heavy (non-hydrogen) atoms. The summed E-state index contributed by atoms with van der Waals surface area (Å²) in [6.45, 7) is 0.898. The Kier molecular flexibility index (Phi) is 8.13. The van der Waals surface area contributed by atoms with Crippen LogP contribution in [0.1, 0.15) is 54.4 Å². The number of likely N-dealkylation sites (tertiary alicyclic amines) is 1. The Morgan fingerprint density at radius 3 is 2.20 bits per heavy atom. The molecule has 1 atom stereocenters. The number of sulfone groups is 1. The number of hydrogen-bond donors (Lipinski definition) is 0. The van der Waals surface area contributed by atoms with Crippen LogP contribution >= 0.6 is 0 Å². The van der Waals surface area contributed by atoms with Gasteiger partial charge < -0.3 is 14.5 Å². The zero-order valence-electron chi connectivity index (χ0n) is 22.2. The molecule has 0 bridgehead atoms. The quantitative estimate of drug-likeness (QED) is 0.490. The van der Waals surface area contributed by atoms with Crippen LogP contribution in [-0.4, -0.2) is 73.6 Å². The smallest absolute Gasteiger partial charge is 0.405 e. The van der Waals surface area contributed by atoms with Gasteiger partial charge in [-0.25, -0.2) is 8.42 Å². The van der Waals surface area contributed by atoms with E-state index in [0.717, 1.165) is 25.7 Å². The summed E-state index contributed by atoms with van der Waals surface area (Å²) >= 11 is 0. The summed E-state index contributed by atoms with van der Waals surface area (Å²) in [6, 6.07) is 11.3. The maximum atomic E-state index is 13.3. The van der Waals surface area contributed by atoms with Crippen LogP contribution in [0.3, 0.4) is 0 Å². The van der Waals surface area contributed by atoms with Gasteiger partial charge in [0.05, 0.1) is 11.5 Å². The molecule has 5 rings (SSSR count). The summed E-state index contributed by atoms with van der Waals surface area (Å²) in [5.41, 5.74) is 1.77. The molecule has 3 aliphatic rings. The van der Waals surface area contributed by atoms with E-state index in [2.05, 4.69) is 4.74 Å². The number of rotatable bonds is 6. The van der Waals surface area contributed by atoms with E-state index in [4.69, 9.17) is 0 Å². The van der Waals surface area contributed by atoms with Gasteiger partial charge in [0.15, 0.2) is 9.84 Å². The molecule has 11 heteroatoms. The van der Waals surface area contributed by atoms with E-state index in [9.17, 15) is 31.2 Å². The van der Waals surface area contributed by atoms with Gasteiger partial charge in [0.2, 0.25) is 5.91 Å². The Labute approximate surface area is 232 Å². The van der Waals surface area contributed by atoms with Crippen molar-refractivity contribution in [3.05, 3.63) is 53.6 Å². The predicted molar refractivity (Wildman–Crippen MR) is 144 cm³/mol. The SMILES string of the molecule is O=C(c1ccc(-c2ccc(CC3CCN(C4CCCCC4)C3=O)c(OC(F)(F)F)c2)cc1)N1CCS(=O)(=O)CC1. The first kappa shape index (κ1) is 28.4. The van der Waals surface area contributed by atoms with Crippen LogP contribution in [0, 0.1) is 5.92 Å². The zero-order chi connectivity index (χ0) is 28.5. The summed E-state index contributed by atoms with van der Waals surface area (Å²) in [5, 5.41) is 0. The van der Waals surface area contributed by atoms with Crippen molar-refractivity contribution in [1.29, 1.82) is 0 Å². The maximum absolute atomic E-state index is 13.3. The van der Waals surface area contributed by atoms with Gasteiger partial charge in [0.1, 0.15) is 5.75 Å². The van der Waals surface area contributed by atoms with Gasteiger partial charge in [-0.05, 0) is 60.6 Å². The summed E-state index contributed by atoms with van der Waals surface area (Å²) in [6.07, 6.45) is 1.24. The number of carbonyl (C=O) groups is 2. The van der Waals surface area contributed by atoms with Crippen LogP contribution in [0.5, 0.6) is 5.75 Å². The number of benzene rings is 2. The molecule has 2 aromatic carbocycles. The second-order valence-corrected chi connectivity index (χ2v) is 13.2. The number of hydrogen-bond acceptors (Lipinski definition) is 5. The standard InChI is InChI=1S/C29H33F3N2O5S/c30-29(31,32)39-26-19-22(20-6-8-21(9-7-20)27(35)33-14-16-40(37,38)17-15-33)10-11-23(26)18-24-12-13-34(28(24)36)25-4-2-1-3-5-25/h6-11,19,24-25H,1-5,12-18H2. The highest BCUT2D eigenvalue weighted by Crippen LogP contribution is 2.36. The predicted octanol–water partition coefficient (Wildman–Crippen LogP) is 4.85. The lowest BCUT2D eigenvalue weighted by Gasteiger charge is -2.31. The molecule has 2 aliphatic heterocycles. The van der Waals surface area contributed by atoms with Crippen LogP contribution in [0.25, 0.3) is 11.1 Å². The third-order valence-corrected chi connectivity index (χ3v) is 9.83. The number of carbonyl (C=O) groups excluding carboxylic acids is 2. The van der Waals surface area contributed by atoms with Gasteiger partial charge in [-0.1, -0.05) is 43.5 Å². The van der Waals surface area contributed by atoms with Gasteiger partial charge in [-0.3, -0.25) is 9.59 Å². The van der Waals surface area contributed by atoms with Crippen molar-refractivity contribution in [3.63, 3.8) is 0 Å². The zero-order valence-corrected chi connectivity index (χ0v) is 23.0. The lowest BCUT2D eigenvalue weighted by atomic mass is 9.93. The topological polar surface area (TPSA) is 84.0 Å². The van der Waals surface area contributed by atoms with Gasteiger partial charge in [-0.15, -0.1) is 13.2 Å². The molecule has 2 amide bonds. The fourth-order valence-electron chi connectivity index (χ4n) is 6.00. The molecule has 216 valence electrons. The molecule has 2 aromatic rings. The highest BCUT2D eigenvalue weighted by atomic mass is 32.2. The summed E-state index contributed by atoms with van der Waals surface area (Å²) in [7, 11) is -3.12. The molecule has 2 heterocycles. The monoisotopic (exact) mass is 578 g/mol. The molecule has 1 saturated carbocycles. The summed E-state index contributed by atoms with van der Waals surface area (Å²) in [5.74, 6) is -1.13. The van der Waals surface area contributed by atoms with Crippen molar-refractivity contribution in [2.45, 2.75) is 57.3 Å². The Balaban J connectivity index is 1.31. The van der Waals surface area contributed by atoms with E-state index in [1.165, 1.54) is 17.4 Å². The van der Waals surface area contributed by atoms with Gasteiger partial charge in [-0.2, -0.15) is 0 Å². The van der Waals surface area contributed by atoms with Crippen molar-refractivity contribution in [2.24, 2.45) is 5.92 Å². The van der Waals surface area contributed by atoms with Gasteiger partial charge >= 0.3 is 6.36 Å². The Hall–Kier alpha value is -3.08. The third-order valence-electron chi connectivity index (χ3n) is 8.22. The number of ether oxygens (including phenoxy) is 1. The second kappa shape index (κ2) is 11.4. The number of alkyl halides is 3. The van der Waals surface area contributed by atoms with Crippen molar-refractivity contribution >= 4 is 21.7 Å². The minimum atomic E-state index is -4.89.